The third-order valence-electron chi connectivity index (χ3n) is 7.10. The van der Waals surface area contributed by atoms with Crippen molar-refractivity contribution in [1.82, 2.24) is 15.1 Å². The number of carbonyl (C=O) groups excluding carboxylic acids is 3. The highest BCUT2D eigenvalue weighted by Gasteiger charge is 2.54. The Hall–Kier alpha value is -3.95. The summed E-state index contributed by atoms with van der Waals surface area (Å²) in [7, 11) is 3.11. The number of piperidine rings is 1. The van der Waals surface area contributed by atoms with E-state index in [1.54, 1.807) is 42.2 Å². The molecule has 1 spiro atoms. The van der Waals surface area contributed by atoms with Crippen LogP contribution in [0.15, 0.2) is 48.5 Å². The number of urea groups is 1. The number of methoxy groups -OCH3 is 2. The summed E-state index contributed by atoms with van der Waals surface area (Å²) < 4.78 is 10.6. The molecule has 0 atom stereocenters. The summed E-state index contributed by atoms with van der Waals surface area (Å²) in [5.41, 5.74) is 0.676. The quantitative estimate of drug-likeness (QED) is 0.551. The van der Waals surface area contributed by atoms with E-state index >= 15 is 0 Å². The number of nitrogens with one attached hydrogen (secondary N) is 2. The van der Waals surface area contributed by atoms with Crippen LogP contribution in [0.2, 0.25) is 0 Å². The minimum Gasteiger partial charge on any atom is -0.497 e. The molecule has 0 unspecified atom stereocenters. The molecule has 10 heteroatoms. The molecule has 2 saturated heterocycles. The Labute approximate surface area is 223 Å². The number of benzene rings is 2. The Morgan fingerprint density at radius 3 is 2.21 bits per heavy atom. The molecule has 2 aliphatic heterocycles. The molecule has 204 valence electrons. The fraction of sp³-hybridized carbons (Fsp3) is 0.464. The molecule has 2 fully saturated rings. The van der Waals surface area contributed by atoms with Crippen LogP contribution in [-0.2, 0) is 9.59 Å². The van der Waals surface area contributed by atoms with Crippen LogP contribution < -0.4 is 25.0 Å². The molecule has 38 heavy (non-hydrogen) atoms. The van der Waals surface area contributed by atoms with Gasteiger partial charge < -0.3 is 34.8 Å². The Balaban J connectivity index is 1.48. The van der Waals surface area contributed by atoms with Gasteiger partial charge in [-0.1, -0.05) is 32.0 Å². The van der Waals surface area contributed by atoms with E-state index in [0.29, 0.717) is 62.2 Å². The summed E-state index contributed by atoms with van der Waals surface area (Å²) in [5.74, 6) is 1.24. The number of ether oxygens (including phenoxy) is 2. The van der Waals surface area contributed by atoms with E-state index in [0.717, 1.165) is 5.69 Å². The maximum atomic E-state index is 13.8. The van der Waals surface area contributed by atoms with Gasteiger partial charge in [0.1, 0.15) is 23.6 Å². The Morgan fingerprint density at radius 2 is 1.63 bits per heavy atom. The molecule has 0 aromatic heterocycles. The van der Waals surface area contributed by atoms with Crippen LogP contribution in [0, 0.1) is 5.92 Å². The third-order valence-corrected chi connectivity index (χ3v) is 7.10. The standard InChI is InChI=1S/C28H37N5O5/c1-20(2)17-29-25(34)18-32-19-33(22-8-6-5-7-9-22)28(26(32)35)10-12-31(13-11-28)27(36)30-21-14-23(37-3)16-24(15-21)38-4/h5-9,14-16,20H,10-13,17-19H2,1-4H3,(H,29,34)(H,30,36). The second-order valence-corrected chi connectivity index (χ2v) is 10.2. The van der Waals surface area contributed by atoms with Gasteiger partial charge in [-0.2, -0.15) is 0 Å². The molecule has 0 radical (unpaired) electrons. The second-order valence-electron chi connectivity index (χ2n) is 10.2. The molecule has 0 aliphatic carbocycles. The zero-order valence-electron chi connectivity index (χ0n) is 22.5. The molecule has 10 nitrogen and oxygen atoms in total. The summed E-state index contributed by atoms with van der Waals surface area (Å²) in [4.78, 5) is 44.9. The van der Waals surface area contributed by atoms with E-state index in [1.807, 2.05) is 44.2 Å². The number of hydrogen-bond donors (Lipinski definition) is 2. The van der Waals surface area contributed by atoms with Crippen molar-refractivity contribution in [2.45, 2.75) is 32.2 Å². The third kappa shape index (κ3) is 5.79. The highest BCUT2D eigenvalue weighted by Crippen LogP contribution is 2.39. The first-order valence-electron chi connectivity index (χ1n) is 12.9. The molecule has 4 amide bonds. The SMILES string of the molecule is COc1cc(NC(=O)N2CCC3(CC2)C(=O)N(CC(=O)NCC(C)C)CN3c2ccccc2)cc(OC)c1. The first-order chi connectivity index (χ1) is 18.3. The van der Waals surface area contributed by atoms with Crippen LogP contribution in [0.1, 0.15) is 26.7 Å². The van der Waals surface area contributed by atoms with Gasteiger partial charge in [0.25, 0.3) is 5.91 Å². The van der Waals surface area contributed by atoms with Crippen molar-refractivity contribution < 1.29 is 23.9 Å². The molecule has 4 rings (SSSR count). The van der Waals surface area contributed by atoms with Crippen LogP contribution in [0.3, 0.4) is 0 Å². The lowest BCUT2D eigenvalue weighted by atomic mass is 9.85. The van der Waals surface area contributed by atoms with Crippen LogP contribution in [0.25, 0.3) is 0 Å². The smallest absolute Gasteiger partial charge is 0.321 e. The van der Waals surface area contributed by atoms with Crippen molar-refractivity contribution in [1.29, 1.82) is 0 Å². The highest BCUT2D eigenvalue weighted by molar-refractivity contribution is 5.97. The normalized spacial score (nSPS) is 16.7. The van der Waals surface area contributed by atoms with Crippen LogP contribution in [0.4, 0.5) is 16.2 Å². The largest absolute Gasteiger partial charge is 0.497 e. The average Bonchev–Trinajstić information content (AvgIpc) is 3.18. The van der Waals surface area contributed by atoms with Crippen LogP contribution >= 0.6 is 0 Å². The van der Waals surface area contributed by atoms with E-state index in [2.05, 4.69) is 15.5 Å². The number of amides is 4. The summed E-state index contributed by atoms with van der Waals surface area (Å²) >= 11 is 0. The molecular weight excluding hydrogens is 486 g/mol. The molecule has 2 heterocycles. The molecule has 2 aromatic rings. The number of rotatable bonds is 8. The molecule has 0 saturated carbocycles. The van der Waals surface area contributed by atoms with Crippen LogP contribution in [0.5, 0.6) is 11.5 Å². The van der Waals surface area contributed by atoms with Gasteiger partial charge in [-0.15, -0.1) is 0 Å². The van der Waals surface area contributed by atoms with Crippen LogP contribution in [-0.4, -0.2) is 80.3 Å². The molecule has 2 aliphatic rings. The van der Waals surface area contributed by atoms with E-state index in [4.69, 9.17) is 9.47 Å². The maximum Gasteiger partial charge on any atom is 0.321 e. The fourth-order valence-corrected chi connectivity index (χ4v) is 5.03. The number of hydrogen-bond acceptors (Lipinski definition) is 6. The van der Waals surface area contributed by atoms with Gasteiger partial charge in [-0.05, 0) is 30.9 Å². The van der Waals surface area contributed by atoms with E-state index in [9.17, 15) is 14.4 Å². The average molecular weight is 524 g/mol. The monoisotopic (exact) mass is 523 g/mol. The summed E-state index contributed by atoms with van der Waals surface area (Å²) in [5, 5.41) is 5.82. The zero-order valence-corrected chi connectivity index (χ0v) is 22.5. The summed E-state index contributed by atoms with van der Waals surface area (Å²) in [6.07, 6.45) is 0.916. The molecular formula is C28H37N5O5. The molecule has 2 N–H and O–H groups in total. The Bertz CT molecular complexity index is 1130. The van der Waals surface area contributed by atoms with Gasteiger partial charge in [-0.25, -0.2) is 4.79 Å². The summed E-state index contributed by atoms with van der Waals surface area (Å²) in [6.45, 7) is 5.76. The minimum atomic E-state index is -0.810. The van der Waals surface area contributed by atoms with Gasteiger partial charge in [0.15, 0.2) is 0 Å². The maximum absolute atomic E-state index is 13.8. The summed E-state index contributed by atoms with van der Waals surface area (Å²) in [6, 6.07) is 14.7. The van der Waals surface area contributed by atoms with E-state index in [-0.39, 0.29) is 24.4 Å². The Morgan fingerprint density at radius 1 is 1.00 bits per heavy atom. The number of anilines is 2. The second kappa shape index (κ2) is 11.6. The number of carbonyl (C=O) groups is 3. The van der Waals surface area contributed by atoms with Gasteiger partial charge >= 0.3 is 6.03 Å². The van der Waals surface area contributed by atoms with Crippen molar-refractivity contribution in [2.75, 3.05) is 57.3 Å². The van der Waals surface area contributed by atoms with E-state index in [1.165, 1.54) is 0 Å². The lowest BCUT2D eigenvalue weighted by Crippen LogP contribution is -2.58. The minimum absolute atomic E-state index is 0.0124. The predicted octanol–water partition coefficient (Wildman–Crippen LogP) is 3.15. The van der Waals surface area contributed by atoms with Crippen molar-refractivity contribution in [3.8, 4) is 11.5 Å². The number of nitrogens with zero attached hydrogens (tertiary/aromatic N) is 3. The first kappa shape index (κ1) is 27.1. The zero-order chi connectivity index (χ0) is 27.3. The van der Waals surface area contributed by atoms with Crippen molar-refractivity contribution in [3.63, 3.8) is 0 Å². The lowest BCUT2D eigenvalue weighted by Gasteiger charge is -2.43. The van der Waals surface area contributed by atoms with Gasteiger partial charge in [0, 0.05) is 49.2 Å². The van der Waals surface area contributed by atoms with Crippen molar-refractivity contribution in [2.24, 2.45) is 5.92 Å². The van der Waals surface area contributed by atoms with Gasteiger partial charge in [-0.3, -0.25) is 9.59 Å². The fourth-order valence-electron chi connectivity index (χ4n) is 5.03. The number of para-hydroxylation sites is 1. The topological polar surface area (TPSA) is 103 Å². The van der Waals surface area contributed by atoms with Crippen molar-refractivity contribution >= 4 is 29.2 Å². The molecule has 2 aromatic carbocycles. The molecule has 0 bridgehead atoms. The lowest BCUT2D eigenvalue weighted by molar-refractivity contribution is -0.137. The van der Waals surface area contributed by atoms with Gasteiger partial charge in [0.2, 0.25) is 5.91 Å². The first-order valence-corrected chi connectivity index (χ1v) is 12.9. The predicted molar refractivity (Wildman–Crippen MR) is 145 cm³/mol. The highest BCUT2D eigenvalue weighted by atomic mass is 16.5. The Kier molecular flexibility index (Phi) is 8.29. The van der Waals surface area contributed by atoms with Gasteiger partial charge in [0.05, 0.1) is 20.9 Å². The van der Waals surface area contributed by atoms with E-state index < -0.39 is 5.54 Å². The number of likely N-dealkylation sites (tertiary alicyclic amines) is 1. The van der Waals surface area contributed by atoms with Crippen molar-refractivity contribution in [3.05, 3.63) is 48.5 Å².